The van der Waals surface area contributed by atoms with Gasteiger partial charge in [0.2, 0.25) is 11.9 Å². The second-order valence-electron chi connectivity index (χ2n) is 4.10. The number of nitrogens with two attached hydrogens (primary N) is 1. The van der Waals surface area contributed by atoms with Crippen LogP contribution in [0.25, 0.3) is 11.3 Å². The van der Waals surface area contributed by atoms with Crippen LogP contribution in [0.2, 0.25) is 0 Å². The first-order valence-corrected chi connectivity index (χ1v) is 6.17. The van der Waals surface area contributed by atoms with Crippen LogP contribution in [0.4, 0.5) is 16.3 Å². The maximum absolute atomic E-state index is 11.5. The SMILES string of the molecule is Nc1nc(NNC(=O)CCOF)cc(-c2ccccc2)n1. The van der Waals surface area contributed by atoms with Crippen LogP contribution in [0.1, 0.15) is 6.42 Å². The molecule has 2 aromatic rings. The minimum atomic E-state index is -0.439. The van der Waals surface area contributed by atoms with Gasteiger partial charge in [-0.05, 0) is 4.53 Å². The third kappa shape index (κ3) is 4.39. The molecule has 0 radical (unpaired) electrons. The number of halogens is 1. The van der Waals surface area contributed by atoms with Crippen molar-refractivity contribution in [1.82, 2.24) is 15.4 Å². The molecule has 0 spiro atoms. The van der Waals surface area contributed by atoms with E-state index >= 15 is 0 Å². The molecule has 0 unspecified atom stereocenters. The first kappa shape index (κ1) is 14.7. The summed E-state index contributed by atoms with van der Waals surface area (Å²) in [5, 5.41) is 0. The van der Waals surface area contributed by atoms with E-state index in [9.17, 15) is 9.32 Å². The van der Waals surface area contributed by atoms with Gasteiger partial charge in [-0.3, -0.25) is 15.6 Å². The van der Waals surface area contributed by atoms with Crippen LogP contribution in [-0.2, 0) is 9.74 Å². The summed E-state index contributed by atoms with van der Waals surface area (Å²) in [4.78, 5) is 22.7. The summed E-state index contributed by atoms with van der Waals surface area (Å²) in [5.41, 5.74) is 12.1. The van der Waals surface area contributed by atoms with E-state index in [0.717, 1.165) is 5.56 Å². The van der Waals surface area contributed by atoms with E-state index in [4.69, 9.17) is 5.73 Å². The molecule has 8 heteroatoms. The summed E-state index contributed by atoms with van der Waals surface area (Å²) in [6.45, 7) is -0.311. The fourth-order valence-electron chi connectivity index (χ4n) is 1.61. The van der Waals surface area contributed by atoms with Gasteiger partial charge in [0.1, 0.15) is 0 Å². The maximum Gasteiger partial charge on any atom is 0.240 e. The van der Waals surface area contributed by atoms with Gasteiger partial charge in [0, 0.05) is 11.6 Å². The van der Waals surface area contributed by atoms with Crippen LogP contribution in [0.5, 0.6) is 0 Å². The van der Waals surface area contributed by atoms with Crippen molar-refractivity contribution in [3.05, 3.63) is 36.4 Å². The number of carbonyl (C=O) groups is 1. The number of aromatic nitrogens is 2. The molecule has 1 amide bonds. The molecule has 4 N–H and O–H groups in total. The van der Waals surface area contributed by atoms with E-state index in [-0.39, 0.29) is 19.0 Å². The van der Waals surface area contributed by atoms with Crippen molar-refractivity contribution in [2.45, 2.75) is 6.42 Å². The fourth-order valence-corrected chi connectivity index (χ4v) is 1.61. The van der Waals surface area contributed by atoms with Crippen LogP contribution in [0.3, 0.4) is 0 Å². The lowest BCUT2D eigenvalue weighted by molar-refractivity contribution is -0.143. The first-order valence-electron chi connectivity index (χ1n) is 6.17. The number of benzene rings is 1. The van der Waals surface area contributed by atoms with Crippen LogP contribution in [-0.4, -0.2) is 22.5 Å². The molecule has 7 nitrogen and oxygen atoms in total. The van der Waals surface area contributed by atoms with Crippen molar-refractivity contribution in [2.24, 2.45) is 0 Å². The maximum atomic E-state index is 11.5. The van der Waals surface area contributed by atoms with Gasteiger partial charge in [0.05, 0.1) is 18.7 Å². The molecular formula is C13H14FN5O2. The molecule has 110 valence electrons. The largest absolute Gasteiger partial charge is 0.368 e. The number of amides is 1. The fraction of sp³-hybridized carbons (Fsp3) is 0.154. The Kier molecular flexibility index (Phi) is 4.99. The van der Waals surface area contributed by atoms with Crippen LogP contribution in [0, 0.1) is 0 Å². The molecule has 0 fully saturated rings. The van der Waals surface area contributed by atoms with Gasteiger partial charge in [-0.1, -0.05) is 30.3 Å². The third-order valence-corrected chi connectivity index (χ3v) is 2.55. The smallest absolute Gasteiger partial charge is 0.240 e. The van der Waals surface area contributed by atoms with Gasteiger partial charge in [-0.25, -0.2) is 4.98 Å². The van der Waals surface area contributed by atoms with E-state index in [1.165, 1.54) is 0 Å². The highest BCUT2D eigenvalue weighted by molar-refractivity contribution is 5.77. The average Bonchev–Trinajstić information content (AvgIpc) is 2.51. The quantitative estimate of drug-likeness (QED) is 0.696. The lowest BCUT2D eigenvalue weighted by atomic mass is 10.1. The minimum absolute atomic E-state index is 0.0696. The lowest BCUT2D eigenvalue weighted by Crippen LogP contribution is -2.30. The molecule has 21 heavy (non-hydrogen) atoms. The van der Waals surface area contributed by atoms with Gasteiger partial charge in [0.25, 0.3) is 0 Å². The Balaban J connectivity index is 2.07. The Hall–Kier alpha value is -2.74. The predicted octanol–water partition coefficient (Wildman–Crippen LogP) is 1.46. The van der Waals surface area contributed by atoms with Crippen molar-refractivity contribution >= 4 is 17.7 Å². The number of hydrogen-bond donors (Lipinski definition) is 3. The molecule has 0 bridgehead atoms. The summed E-state index contributed by atoms with van der Waals surface area (Å²) in [6, 6.07) is 11.0. The summed E-state index contributed by atoms with van der Waals surface area (Å²) in [7, 11) is 0. The van der Waals surface area contributed by atoms with Gasteiger partial charge < -0.3 is 5.73 Å². The second-order valence-corrected chi connectivity index (χ2v) is 4.10. The normalized spacial score (nSPS) is 10.1. The number of nitrogens with zero attached hydrogens (tertiary/aromatic N) is 2. The molecule has 0 saturated carbocycles. The van der Waals surface area contributed by atoms with E-state index in [1.807, 2.05) is 30.3 Å². The Bertz CT molecular complexity index is 609. The molecule has 1 aromatic heterocycles. The molecule has 0 atom stereocenters. The predicted molar refractivity (Wildman–Crippen MR) is 75.3 cm³/mol. The number of hydrogen-bond acceptors (Lipinski definition) is 6. The van der Waals surface area contributed by atoms with Crippen molar-refractivity contribution in [1.29, 1.82) is 0 Å². The number of hydrazine groups is 1. The Labute approximate surface area is 120 Å². The highest BCUT2D eigenvalue weighted by Crippen LogP contribution is 2.19. The van der Waals surface area contributed by atoms with Crippen LogP contribution < -0.4 is 16.6 Å². The standard InChI is InChI=1S/C13H14FN5O2/c14-21-7-6-12(20)19-18-11-8-10(16-13(15)17-11)9-4-2-1-3-5-9/h1-5,8H,6-7H2,(H,19,20)(H3,15,16,17,18). The van der Waals surface area contributed by atoms with E-state index in [1.54, 1.807) is 6.07 Å². The topological polar surface area (TPSA) is 102 Å². The lowest BCUT2D eigenvalue weighted by Gasteiger charge is -2.09. The Morgan fingerprint density at radius 2 is 2.05 bits per heavy atom. The molecule has 1 aromatic carbocycles. The van der Waals surface area contributed by atoms with E-state index < -0.39 is 5.91 Å². The molecule has 2 rings (SSSR count). The third-order valence-electron chi connectivity index (χ3n) is 2.55. The van der Waals surface area contributed by atoms with Crippen molar-refractivity contribution in [3.63, 3.8) is 0 Å². The summed E-state index contributed by atoms with van der Waals surface area (Å²) >= 11 is 0. The zero-order valence-corrected chi connectivity index (χ0v) is 11.0. The highest BCUT2D eigenvalue weighted by atomic mass is 19.3. The van der Waals surface area contributed by atoms with Crippen molar-refractivity contribution < 1.29 is 14.3 Å². The summed E-state index contributed by atoms with van der Waals surface area (Å²) in [6.07, 6.45) is -0.115. The van der Waals surface area contributed by atoms with Gasteiger partial charge in [-0.15, -0.1) is 0 Å². The molecule has 1 heterocycles. The number of nitrogens with one attached hydrogen (secondary N) is 2. The first-order chi connectivity index (χ1) is 10.2. The van der Waals surface area contributed by atoms with Gasteiger partial charge in [-0.2, -0.15) is 9.93 Å². The molecular weight excluding hydrogens is 277 g/mol. The number of nitrogen functional groups attached to an aromatic ring is 1. The zero-order chi connectivity index (χ0) is 15.1. The zero-order valence-electron chi connectivity index (χ0n) is 11.0. The molecule has 0 saturated heterocycles. The van der Waals surface area contributed by atoms with Gasteiger partial charge in [0.15, 0.2) is 5.82 Å². The Morgan fingerprint density at radius 3 is 2.76 bits per heavy atom. The molecule has 0 aliphatic carbocycles. The van der Waals surface area contributed by atoms with Crippen LogP contribution in [0.15, 0.2) is 36.4 Å². The Morgan fingerprint density at radius 1 is 1.29 bits per heavy atom. The van der Waals surface area contributed by atoms with Crippen molar-refractivity contribution in [2.75, 3.05) is 17.8 Å². The molecule has 0 aliphatic heterocycles. The monoisotopic (exact) mass is 291 g/mol. The average molecular weight is 291 g/mol. The van der Waals surface area contributed by atoms with Gasteiger partial charge >= 0.3 is 0 Å². The number of anilines is 2. The van der Waals surface area contributed by atoms with Crippen LogP contribution >= 0.6 is 0 Å². The molecule has 0 aliphatic rings. The second kappa shape index (κ2) is 7.15. The number of carbonyl (C=O) groups excluding carboxylic acids is 1. The van der Waals surface area contributed by atoms with Crippen molar-refractivity contribution in [3.8, 4) is 11.3 Å². The number of rotatable bonds is 6. The summed E-state index contributed by atoms with van der Waals surface area (Å²) < 4.78 is 11.5. The minimum Gasteiger partial charge on any atom is -0.368 e. The van der Waals surface area contributed by atoms with E-state index in [2.05, 4.69) is 25.8 Å². The summed E-state index contributed by atoms with van der Waals surface area (Å²) in [5.74, 6) is -0.0397. The van der Waals surface area contributed by atoms with E-state index in [0.29, 0.717) is 11.5 Å². The highest BCUT2D eigenvalue weighted by Gasteiger charge is 2.06.